The monoisotopic (exact) mass is 338 g/mol. The van der Waals surface area contributed by atoms with Crippen molar-refractivity contribution in [2.24, 2.45) is 11.0 Å². The molecule has 1 saturated carbocycles. The molecule has 0 saturated heterocycles. The number of ketones is 1. The highest BCUT2D eigenvalue weighted by Gasteiger charge is 2.58. The molecule has 1 heterocycles. The molecule has 0 unspecified atom stereocenters. The molecule has 4 heteroatoms. The van der Waals surface area contributed by atoms with Gasteiger partial charge in [-0.15, -0.1) is 0 Å². The third-order valence-corrected chi connectivity index (χ3v) is 5.62. The fraction of sp³-hybridized carbons (Fsp3) is 0.300. The van der Waals surface area contributed by atoms with E-state index < -0.39 is 5.54 Å². The van der Waals surface area contributed by atoms with Gasteiger partial charge in [-0.1, -0.05) is 54.1 Å². The first-order valence-corrected chi connectivity index (χ1v) is 8.72. The highest BCUT2D eigenvalue weighted by molar-refractivity contribution is 6.33. The molecule has 122 valence electrons. The van der Waals surface area contributed by atoms with Gasteiger partial charge in [0.1, 0.15) is 5.54 Å². The molecule has 2 aromatic rings. The molecule has 1 aliphatic carbocycles. The Balaban J connectivity index is 1.91. The number of carbonyl (C=O) groups is 1. The van der Waals surface area contributed by atoms with Crippen LogP contribution >= 0.6 is 11.6 Å². The van der Waals surface area contributed by atoms with Crippen LogP contribution in [0.15, 0.2) is 59.7 Å². The first-order valence-electron chi connectivity index (χ1n) is 8.34. The molecular weight excluding hydrogens is 320 g/mol. The maximum atomic E-state index is 12.8. The summed E-state index contributed by atoms with van der Waals surface area (Å²) < 4.78 is 0. The van der Waals surface area contributed by atoms with Crippen LogP contribution in [0.4, 0.5) is 5.69 Å². The normalized spacial score (nSPS) is 25.5. The molecule has 1 fully saturated rings. The molecule has 0 radical (unpaired) electrons. The van der Waals surface area contributed by atoms with Crippen molar-refractivity contribution in [2.45, 2.75) is 31.7 Å². The summed E-state index contributed by atoms with van der Waals surface area (Å²) in [5.41, 5.74) is 2.30. The molecule has 0 N–H and O–H groups in total. The zero-order valence-corrected chi connectivity index (χ0v) is 14.3. The SMILES string of the molecule is CC(=O)[C@]12CCC[C@H]1C(c1ccccc1)=NN2c1ccccc1Cl. The molecule has 0 aromatic heterocycles. The van der Waals surface area contributed by atoms with Crippen LogP contribution in [0, 0.1) is 5.92 Å². The van der Waals surface area contributed by atoms with Gasteiger partial charge in [0, 0.05) is 5.92 Å². The number of para-hydroxylation sites is 1. The number of carbonyl (C=O) groups excluding carboxylic acids is 1. The number of hydrogen-bond donors (Lipinski definition) is 0. The van der Waals surface area contributed by atoms with Gasteiger partial charge >= 0.3 is 0 Å². The van der Waals surface area contributed by atoms with Gasteiger partial charge in [0.05, 0.1) is 16.4 Å². The summed E-state index contributed by atoms with van der Waals surface area (Å²) >= 11 is 6.43. The molecule has 2 aromatic carbocycles. The van der Waals surface area contributed by atoms with Gasteiger partial charge in [-0.05, 0) is 43.9 Å². The molecule has 3 nitrogen and oxygen atoms in total. The average molecular weight is 339 g/mol. The molecule has 4 rings (SSSR count). The molecule has 2 aliphatic rings. The highest BCUT2D eigenvalue weighted by atomic mass is 35.5. The standard InChI is InChI=1S/C20H19ClN2O/c1-14(24)20-13-7-10-16(20)19(15-8-3-2-4-9-15)22-23(20)18-12-6-5-11-17(18)21/h2-6,8-9,11-12,16H,7,10,13H2,1H3/t16-,20+/m0/s1. The predicted octanol–water partition coefficient (Wildman–Crippen LogP) is 4.69. The van der Waals surface area contributed by atoms with Crippen LogP contribution in [-0.4, -0.2) is 17.0 Å². The van der Waals surface area contributed by atoms with E-state index in [9.17, 15) is 4.79 Å². The number of Topliss-reactive ketones (excluding diaryl/α,β-unsaturated/α-hetero) is 1. The lowest BCUT2D eigenvalue weighted by Gasteiger charge is -2.36. The lowest BCUT2D eigenvalue weighted by atomic mass is 9.79. The Morgan fingerprint density at radius 1 is 1.17 bits per heavy atom. The van der Waals surface area contributed by atoms with E-state index in [1.165, 1.54) is 0 Å². The van der Waals surface area contributed by atoms with Crippen LogP contribution in [0.5, 0.6) is 0 Å². The number of halogens is 1. The summed E-state index contributed by atoms with van der Waals surface area (Å²) in [4.78, 5) is 12.8. The van der Waals surface area contributed by atoms with Gasteiger partial charge in [-0.3, -0.25) is 4.79 Å². The summed E-state index contributed by atoms with van der Waals surface area (Å²) in [5, 5.41) is 7.44. The van der Waals surface area contributed by atoms with Crippen molar-refractivity contribution in [2.75, 3.05) is 5.01 Å². The molecule has 1 aliphatic heterocycles. The minimum atomic E-state index is -0.601. The Bertz CT molecular complexity index is 817. The molecule has 0 spiro atoms. The van der Waals surface area contributed by atoms with Gasteiger partial charge in [-0.2, -0.15) is 5.10 Å². The van der Waals surface area contributed by atoms with Crippen molar-refractivity contribution >= 4 is 28.8 Å². The average Bonchev–Trinajstić information content (AvgIpc) is 3.15. The summed E-state index contributed by atoms with van der Waals surface area (Å²) in [6.45, 7) is 1.69. The van der Waals surface area contributed by atoms with E-state index in [4.69, 9.17) is 16.7 Å². The first-order chi connectivity index (χ1) is 11.6. The third kappa shape index (κ3) is 2.11. The van der Waals surface area contributed by atoms with E-state index in [1.54, 1.807) is 6.92 Å². The zero-order valence-electron chi connectivity index (χ0n) is 13.6. The lowest BCUT2D eigenvalue weighted by Crippen LogP contribution is -2.51. The number of hydrogen-bond acceptors (Lipinski definition) is 3. The van der Waals surface area contributed by atoms with Gasteiger partial charge in [0.15, 0.2) is 5.78 Å². The van der Waals surface area contributed by atoms with Gasteiger partial charge < -0.3 is 0 Å². The van der Waals surface area contributed by atoms with E-state index in [2.05, 4.69) is 12.1 Å². The van der Waals surface area contributed by atoms with Crippen molar-refractivity contribution < 1.29 is 4.79 Å². The van der Waals surface area contributed by atoms with Crippen molar-refractivity contribution in [1.82, 2.24) is 0 Å². The van der Waals surface area contributed by atoms with Crippen LogP contribution in [0.1, 0.15) is 31.7 Å². The minimum absolute atomic E-state index is 0.119. The van der Waals surface area contributed by atoms with E-state index in [-0.39, 0.29) is 11.7 Å². The van der Waals surface area contributed by atoms with E-state index in [1.807, 2.05) is 47.5 Å². The Hall–Kier alpha value is -2.13. The third-order valence-electron chi connectivity index (χ3n) is 5.30. The number of rotatable bonds is 3. The van der Waals surface area contributed by atoms with Crippen molar-refractivity contribution in [3.8, 4) is 0 Å². The van der Waals surface area contributed by atoms with Crippen molar-refractivity contribution in [3.63, 3.8) is 0 Å². The smallest absolute Gasteiger partial charge is 0.158 e. The second-order valence-corrected chi connectivity index (χ2v) is 6.95. The number of anilines is 1. The lowest BCUT2D eigenvalue weighted by molar-refractivity contribution is -0.122. The van der Waals surface area contributed by atoms with Gasteiger partial charge in [-0.25, -0.2) is 5.01 Å². The van der Waals surface area contributed by atoms with Crippen LogP contribution in [0.25, 0.3) is 0 Å². The number of hydrazone groups is 1. The molecule has 0 amide bonds. The summed E-state index contributed by atoms with van der Waals surface area (Å²) in [7, 11) is 0. The molecule has 2 atom stereocenters. The van der Waals surface area contributed by atoms with Gasteiger partial charge in [0.25, 0.3) is 0 Å². The Morgan fingerprint density at radius 3 is 2.58 bits per heavy atom. The Kier molecular flexibility index (Phi) is 3.69. The second-order valence-electron chi connectivity index (χ2n) is 6.54. The maximum Gasteiger partial charge on any atom is 0.158 e. The van der Waals surface area contributed by atoms with Crippen molar-refractivity contribution in [1.29, 1.82) is 0 Å². The Morgan fingerprint density at radius 2 is 1.88 bits per heavy atom. The largest absolute Gasteiger partial charge is 0.297 e. The topological polar surface area (TPSA) is 32.7 Å². The van der Waals surface area contributed by atoms with Crippen LogP contribution in [-0.2, 0) is 4.79 Å². The quantitative estimate of drug-likeness (QED) is 0.813. The second kappa shape index (κ2) is 5.75. The van der Waals surface area contributed by atoms with E-state index in [0.29, 0.717) is 5.02 Å². The minimum Gasteiger partial charge on any atom is -0.297 e. The summed E-state index contributed by atoms with van der Waals surface area (Å²) in [6.07, 6.45) is 2.82. The van der Waals surface area contributed by atoms with Crippen LogP contribution in [0.2, 0.25) is 5.02 Å². The van der Waals surface area contributed by atoms with E-state index >= 15 is 0 Å². The van der Waals surface area contributed by atoms with Crippen LogP contribution in [0.3, 0.4) is 0 Å². The summed E-state index contributed by atoms with van der Waals surface area (Å²) in [6, 6.07) is 17.8. The highest BCUT2D eigenvalue weighted by Crippen LogP contribution is 2.50. The molecular formula is C20H19ClN2O. The number of nitrogens with zero attached hydrogens (tertiary/aromatic N) is 2. The fourth-order valence-corrected chi connectivity index (χ4v) is 4.42. The van der Waals surface area contributed by atoms with Crippen molar-refractivity contribution in [3.05, 3.63) is 65.2 Å². The predicted molar refractivity (Wildman–Crippen MR) is 97.7 cm³/mol. The zero-order chi connectivity index (χ0) is 16.7. The van der Waals surface area contributed by atoms with E-state index in [0.717, 1.165) is 36.2 Å². The fourth-order valence-electron chi connectivity index (χ4n) is 4.20. The Labute approximate surface area is 146 Å². The number of fused-ring (bicyclic) bond motifs is 1. The molecule has 24 heavy (non-hydrogen) atoms. The van der Waals surface area contributed by atoms with Crippen LogP contribution < -0.4 is 5.01 Å². The molecule has 0 bridgehead atoms. The summed E-state index contributed by atoms with van der Waals surface area (Å²) in [5.74, 6) is 0.285. The first kappa shape index (κ1) is 15.4. The maximum absolute atomic E-state index is 12.8. The van der Waals surface area contributed by atoms with Gasteiger partial charge in [0.2, 0.25) is 0 Å². The number of benzene rings is 2.